The number of hydrogen-bond donors (Lipinski definition) is 2. The molecule has 1 amide bonds. The van der Waals surface area contributed by atoms with Crippen molar-refractivity contribution in [1.29, 1.82) is 0 Å². The number of aryl methyl sites for hydroxylation is 2. The van der Waals surface area contributed by atoms with Crippen LogP contribution < -0.4 is 11.1 Å². The van der Waals surface area contributed by atoms with Crippen molar-refractivity contribution in [2.45, 2.75) is 45.7 Å². The van der Waals surface area contributed by atoms with Gasteiger partial charge in [-0.05, 0) is 38.8 Å². The van der Waals surface area contributed by atoms with Gasteiger partial charge in [0.1, 0.15) is 0 Å². The zero-order valence-corrected chi connectivity index (χ0v) is 10.9. The minimum Gasteiger partial charge on any atom is -0.368 e. The quantitative estimate of drug-likeness (QED) is 0.739. The lowest BCUT2D eigenvalue weighted by molar-refractivity contribution is -0.124. The van der Waals surface area contributed by atoms with Crippen LogP contribution in [0.1, 0.15) is 32.3 Å². The highest BCUT2D eigenvalue weighted by Crippen LogP contribution is 2.11. The molecule has 1 heterocycles. The summed E-state index contributed by atoms with van der Waals surface area (Å²) in [5, 5.41) is 7.40. The van der Waals surface area contributed by atoms with Crippen LogP contribution in [0, 0.1) is 6.92 Å². The molecule has 3 N–H and O–H groups in total. The van der Waals surface area contributed by atoms with E-state index < -0.39 is 5.54 Å². The zero-order valence-electron chi connectivity index (χ0n) is 10.9. The second-order valence-corrected chi connectivity index (χ2v) is 4.65. The predicted octanol–water partition coefficient (Wildman–Crippen LogP) is 0.825. The van der Waals surface area contributed by atoms with E-state index in [9.17, 15) is 4.79 Å². The molecule has 0 aromatic carbocycles. The van der Waals surface area contributed by atoms with Gasteiger partial charge >= 0.3 is 0 Å². The van der Waals surface area contributed by atoms with Gasteiger partial charge in [-0.1, -0.05) is 6.92 Å². The first-order valence-electron chi connectivity index (χ1n) is 6.02. The summed E-state index contributed by atoms with van der Waals surface area (Å²) in [6.07, 6.45) is 5.38. The number of amides is 1. The van der Waals surface area contributed by atoms with E-state index in [-0.39, 0.29) is 5.91 Å². The Morgan fingerprint density at radius 3 is 2.82 bits per heavy atom. The first kappa shape index (κ1) is 13.7. The van der Waals surface area contributed by atoms with Gasteiger partial charge in [0.25, 0.3) is 0 Å². The molecule has 1 rings (SSSR count). The zero-order chi connectivity index (χ0) is 12.9. The predicted molar refractivity (Wildman–Crippen MR) is 67.5 cm³/mol. The SMILES string of the molecule is CCCNC(C)(CCn1cc(C)cn1)C(N)=O. The Balaban J connectivity index is 2.58. The summed E-state index contributed by atoms with van der Waals surface area (Å²) in [5.74, 6) is -0.310. The van der Waals surface area contributed by atoms with Crippen molar-refractivity contribution in [2.24, 2.45) is 5.73 Å². The van der Waals surface area contributed by atoms with Gasteiger partial charge in [-0.25, -0.2) is 0 Å². The van der Waals surface area contributed by atoms with Crippen LogP contribution in [0.2, 0.25) is 0 Å². The third kappa shape index (κ3) is 3.85. The molecular weight excluding hydrogens is 216 g/mol. The lowest BCUT2D eigenvalue weighted by Gasteiger charge is -2.27. The standard InChI is InChI=1S/C12H22N4O/c1-4-6-14-12(3,11(13)17)5-7-16-9-10(2)8-15-16/h8-9,14H,4-7H2,1-3H3,(H2,13,17). The van der Waals surface area contributed by atoms with Crippen molar-refractivity contribution in [3.8, 4) is 0 Å². The summed E-state index contributed by atoms with van der Waals surface area (Å²) >= 11 is 0. The summed E-state index contributed by atoms with van der Waals surface area (Å²) < 4.78 is 1.84. The van der Waals surface area contributed by atoms with E-state index in [4.69, 9.17) is 5.73 Å². The normalized spacial score (nSPS) is 14.5. The average molecular weight is 238 g/mol. The molecule has 0 saturated heterocycles. The number of nitrogens with one attached hydrogen (secondary N) is 1. The monoisotopic (exact) mass is 238 g/mol. The number of aromatic nitrogens is 2. The first-order chi connectivity index (χ1) is 7.98. The topological polar surface area (TPSA) is 72.9 Å². The maximum atomic E-state index is 11.5. The number of nitrogens with zero attached hydrogens (tertiary/aromatic N) is 2. The van der Waals surface area contributed by atoms with Crippen molar-refractivity contribution >= 4 is 5.91 Å². The van der Waals surface area contributed by atoms with E-state index in [1.165, 1.54) is 0 Å². The molecule has 1 aromatic heterocycles. The van der Waals surface area contributed by atoms with Crippen LogP contribution in [0.15, 0.2) is 12.4 Å². The van der Waals surface area contributed by atoms with Gasteiger partial charge in [0, 0.05) is 12.7 Å². The Morgan fingerprint density at radius 1 is 1.65 bits per heavy atom. The third-order valence-corrected chi connectivity index (χ3v) is 2.91. The molecule has 0 aliphatic rings. The minimum absolute atomic E-state index is 0.310. The van der Waals surface area contributed by atoms with E-state index in [2.05, 4.69) is 17.3 Å². The molecular formula is C12H22N4O. The molecule has 0 spiro atoms. The van der Waals surface area contributed by atoms with E-state index in [0.29, 0.717) is 13.0 Å². The van der Waals surface area contributed by atoms with Crippen molar-refractivity contribution in [3.05, 3.63) is 18.0 Å². The largest absolute Gasteiger partial charge is 0.368 e. The number of carbonyl (C=O) groups excluding carboxylic acids is 1. The van der Waals surface area contributed by atoms with Crippen LogP contribution >= 0.6 is 0 Å². The smallest absolute Gasteiger partial charge is 0.237 e. The van der Waals surface area contributed by atoms with E-state index in [0.717, 1.165) is 18.5 Å². The minimum atomic E-state index is -0.657. The van der Waals surface area contributed by atoms with Gasteiger partial charge in [0.05, 0.1) is 11.7 Å². The van der Waals surface area contributed by atoms with Crippen molar-refractivity contribution in [1.82, 2.24) is 15.1 Å². The number of hydrogen-bond acceptors (Lipinski definition) is 3. The Kier molecular flexibility index (Phi) is 4.69. The molecule has 17 heavy (non-hydrogen) atoms. The van der Waals surface area contributed by atoms with E-state index in [1.807, 2.05) is 24.7 Å². The number of carbonyl (C=O) groups is 1. The summed E-state index contributed by atoms with van der Waals surface area (Å²) in [6.45, 7) is 7.38. The fraction of sp³-hybridized carbons (Fsp3) is 0.667. The van der Waals surface area contributed by atoms with Crippen LogP contribution in [-0.4, -0.2) is 27.8 Å². The highest BCUT2D eigenvalue weighted by Gasteiger charge is 2.29. The molecule has 0 radical (unpaired) electrons. The molecule has 0 aliphatic heterocycles. The second kappa shape index (κ2) is 5.82. The Labute approximate surface area is 102 Å². The molecule has 5 heteroatoms. The molecule has 1 atom stereocenters. The van der Waals surface area contributed by atoms with Crippen molar-refractivity contribution in [3.63, 3.8) is 0 Å². The highest BCUT2D eigenvalue weighted by molar-refractivity contribution is 5.84. The maximum Gasteiger partial charge on any atom is 0.237 e. The summed E-state index contributed by atoms with van der Waals surface area (Å²) in [4.78, 5) is 11.5. The number of nitrogens with two attached hydrogens (primary N) is 1. The van der Waals surface area contributed by atoms with Gasteiger partial charge in [-0.2, -0.15) is 5.10 Å². The van der Waals surface area contributed by atoms with E-state index >= 15 is 0 Å². The van der Waals surface area contributed by atoms with Gasteiger partial charge in [-0.15, -0.1) is 0 Å². The lowest BCUT2D eigenvalue weighted by Crippen LogP contribution is -2.53. The first-order valence-corrected chi connectivity index (χ1v) is 6.02. The Hall–Kier alpha value is -1.36. The second-order valence-electron chi connectivity index (χ2n) is 4.65. The van der Waals surface area contributed by atoms with Gasteiger partial charge in [0.15, 0.2) is 0 Å². The van der Waals surface area contributed by atoms with Gasteiger partial charge in [0.2, 0.25) is 5.91 Å². The third-order valence-electron chi connectivity index (χ3n) is 2.91. The Bertz CT molecular complexity index is 374. The van der Waals surface area contributed by atoms with Crippen LogP contribution in [0.3, 0.4) is 0 Å². The van der Waals surface area contributed by atoms with Crippen molar-refractivity contribution < 1.29 is 4.79 Å². The molecule has 0 aliphatic carbocycles. The molecule has 0 saturated carbocycles. The summed E-state index contributed by atoms with van der Waals surface area (Å²) in [5.41, 5.74) is 5.91. The average Bonchev–Trinajstić information content (AvgIpc) is 2.69. The lowest BCUT2D eigenvalue weighted by atomic mass is 9.96. The fourth-order valence-electron chi connectivity index (χ4n) is 1.63. The molecule has 0 bridgehead atoms. The molecule has 0 fully saturated rings. The van der Waals surface area contributed by atoms with Gasteiger partial charge < -0.3 is 11.1 Å². The van der Waals surface area contributed by atoms with Crippen molar-refractivity contribution in [2.75, 3.05) is 6.54 Å². The van der Waals surface area contributed by atoms with Crippen LogP contribution in [-0.2, 0) is 11.3 Å². The Morgan fingerprint density at radius 2 is 2.35 bits per heavy atom. The molecule has 96 valence electrons. The molecule has 1 unspecified atom stereocenters. The molecule has 5 nitrogen and oxygen atoms in total. The van der Waals surface area contributed by atoms with Crippen LogP contribution in [0.25, 0.3) is 0 Å². The number of rotatable bonds is 7. The van der Waals surface area contributed by atoms with Crippen LogP contribution in [0.5, 0.6) is 0 Å². The van der Waals surface area contributed by atoms with E-state index in [1.54, 1.807) is 6.20 Å². The maximum absolute atomic E-state index is 11.5. The van der Waals surface area contributed by atoms with Gasteiger partial charge in [-0.3, -0.25) is 9.48 Å². The summed E-state index contributed by atoms with van der Waals surface area (Å²) in [7, 11) is 0. The number of primary amides is 1. The highest BCUT2D eigenvalue weighted by atomic mass is 16.1. The molecule has 1 aromatic rings. The van der Waals surface area contributed by atoms with Crippen LogP contribution in [0.4, 0.5) is 0 Å². The fourth-order valence-corrected chi connectivity index (χ4v) is 1.63. The summed E-state index contributed by atoms with van der Waals surface area (Å²) in [6, 6.07) is 0.